The number of thiophene rings is 1. The number of nitrogens with one attached hydrogen (secondary N) is 1. The molecule has 0 aliphatic carbocycles. The van der Waals surface area contributed by atoms with Crippen molar-refractivity contribution in [2.75, 3.05) is 14.2 Å². The van der Waals surface area contributed by atoms with Crippen LogP contribution in [-0.2, 0) is 0 Å². The molecule has 0 fully saturated rings. The SMILES string of the molecule is CNC(c1cc(OC)cs1)c1cc(Cl)c(Br)cc1F. The molecule has 1 heterocycles. The molecule has 1 N–H and O–H groups in total. The fourth-order valence-electron chi connectivity index (χ4n) is 1.80. The molecule has 2 rings (SSSR count). The van der Waals surface area contributed by atoms with Crippen molar-refractivity contribution in [3.8, 4) is 5.75 Å². The first kappa shape index (κ1) is 14.8. The third-order valence-corrected chi connectivity index (χ3v) is 4.93. The van der Waals surface area contributed by atoms with Gasteiger partial charge in [0.1, 0.15) is 11.6 Å². The number of benzene rings is 1. The molecule has 19 heavy (non-hydrogen) atoms. The average molecular weight is 365 g/mol. The summed E-state index contributed by atoms with van der Waals surface area (Å²) in [4.78, 5) is 0.969. The van der Waals surface area contributed by atoms with Crippen molar-refractivity contribution in [1.82, 2.24) is 5.32 Å². The first-order valence-electron chi connectivity index (χ1n) is 5.51. The van der Waals surface area contributed by atoms with E-state index in [-0.39, 0.29) is 11.9 Å². The molecule has 0 spiro atoms. The van der Waals surface area contributed by atoms with E-state index >= 15 is 0 Å². The van der Waals surface area contributed by atoms with Gasteiger partial charge in [-0.25, -0.2) is 4.39 Å². The Balaban J connectivity index is 2.44. The third-order valence-electron chi connectivity index (χ3n) is 2.76. The highest BCUT2D eigenvalue weighted by molar-refractivity contribution is 9.10. The summed E-state index contributed by atoms with van der Waals surface area (Å²) < 4.78 is 19.8. The van der Waals surface area contributed by atoms with Crippen LogP contribution in [0, 0.1) is 5.82 Å². The van der Waals surface area contributed by atoms with Gasteiger partial charge in [-0.1, -0.05) is 11.6 Å². The standard InChI is InChI=1S/C13H12BrClFNOS/c1-17-13(12-3-7(18-2)6-19-12)8-4-10(15)9(14)5-11(8)16/h3-6,13,17H,1-2H3. The lowest BCUT2D eigenvalue weighted by atomic mass is 10.0. The van der Waals surface area contributed by atoms with Gasteiger partial charge in [-0.2, -0.15) is 0 Å². The molecule has 2 nitrogen and oxygen atoms in total. The van der Waals surface area contributed by atoms with Gasteiger partial charge in [0, 0.05) is 20.3 Å². The molecule has 0 saturated heterocycles. The maximum absolute atomic E-state index is 14.1. The fraction of sp³-hybridized carbons (Fsp3) is 0.231. The van der Waals surface area contributed by atoms with E-state index in [1.165, 1.54) is 17.4 Å². The molecule has 1 unspecified atom stereocenters. The van der Waals surface area contributed by atoms with E-state index < -0.39 is 0 Å². The monoisotopic (exact) mass is 363 g/mol. The maximum Gasteiger partial charge on any atom is 0.129 e. The Bertz CT molecular complexity index is 590. The van der Waals surface area contributed by atoms with Crippen molar-refractivity contribution in [1.29, 1.82) is 0 Å². The lowest BCUT2D eigenvalue weighted by Crippen LogP contribution is -2.18. The largest absolute Gasteiger partial charge is 0.496 e. The maximum atomic E-state index is 14.1. The zero-order valence-electron chi connectivity index (χ0n) is 10.3. The van der Waals surface area contributed by atoms with Crippen LogP contribution < -0.4 is 10.1 Å². The molecular weight excluding hydrogens is 353 g/mol. The van der Waals surface area contributed by atoms with Gasteiger partial charge < -0.3 is 10.1 Å². The molecule has 0 saturated carbocycles. The second-order valence-electron chi connectivity index (χ2n) is 3.90. The summed E-state index contributed by atoms with van der Waals surface area (Å²) in [5.74, 6) is 0.465. The highest BCUT2D eigenvalue weighted by atomic mass is 79.9. The number of methoxy groups -OCH3 is 1. The predicted molar refractivity (Wildman–Crippen MR) is 80.9 cm³/mol. The van der Waals surface area contributed by atoms with Crippen molar-refractivity contribution >= 4 is 38.9 Å². The van der Waals surface area contributed by atoms with E-state index in [0.717, 1.165) is 10.6 Å². The van der Waals surface area contributed by atoms with Crippen molar-refractivity contribution in [2.45, 2.75) is 6.04 Å². The molecule has 0 aliphatic heterocycles. The van der Waals surface area contributed by atoms with Crippen LogP contribution in [0.15, 0.2) is 28.1 Å². The molecule has 0 aliphatic rings. The minimum Gasteiger partial charge on any atom is -0.496 e. The molecule has 6 heteroatoms. The van der Waals surface area contributed by atoms with Crippen LogP contribution in [0.25, 0.3) is 0 Å². The van der Waals surface area contributed by atoms with Crippen molar-refractivity contribution < 1.29 is 9.13 Å². The molecule has 0 bridgehead atoms. The van der Waals surface area contributed by atoms with Crippen molar-refractivity contribution in [3.05, 3.63) is 49.3 Å². The van der Waals surface area contributed by atoms with Crippen LogP contribution >= 0.6 is 38.9 Å². The Morgan fingerprint density at radius 2 is 2.16 bits per heavy atom. The quantitative estimate of drug-likeness (QED) is 0.799. The second-order valence-corrected chi connectivity index (χ2v) is 6.10. The first-order valence-corrected chi connectivity index (χ1v) is 7.56. The summed E-state index contributed by atoms with van der Waals surface area (Å²) in [6.45, 7) is 0. The molecule has 102 valence electrons. The van der Waals surface area contributed by atoms with E-state index in [4.69, 9.17) is 16.3 Å². The predicted octanol–water partition coefficient (Wildman–Crippen LogP) is 4.62. The molecule has 0 radical (unpaired) electrons. The Hall–Kier alpha value is -0.620. The Labute approximate surface area is 128 Å². The van der Waals surface area contributed by atoms with Gasteiger partial charge in [0.2, 0.25) is 0 Å². The lowest BCUT2D eigenvalue weighted by molar-refractivity contribution is 0.416. The van der Waals surface area contributed by atoms with Gasteiger partial charge in [-0.3, -0.25) is 0 Å². The number of halogens is 3. The molecule has 2 aromatic rings. The van der Waals surface area contributed by atoms with Crippen LogP contribution in [0.4, 0.5) is 4.39 Å². The van der Waals surface area contributed by atoms with Crippen LogP contribution in [0.2, 0.25) is 5.02 Å². The topological polar surface area (TPSA) is 21.3 Å². The average Bonchev–Trinajstić information content (AvgIpc) is 2.85. The number of hydrogen-bond acceptors (Lipinski definition) is 3. The minimum absolute atomic E-state index is 0.250. The minimum atomic E-state index is -0.303. The smallest absolute Gasteiger partial charge is 0.129 e. The highest BCUT2D eigenvalue weighted by Crippen LogP contribution is 2.35. The zero-order valence-corrected chi connectivity index (χ0v) is 13.5. The van der Waals surface area contributed by atoms with E-state index in [2.05, 4.69) is 21.2 Å². The van der Waals surface area contributed by atoms with Crippen LogP contribution in [0.1, 0.15) is 16.5 Å². The molecular formula is C13H12BrClFNOS. The third kappa shape index (κ3) is 3.11. The van der Waals surface area contributed by atoms with Gasteiger partial charge in [0.25, 0.3) is 0 Å². The summed E-state index contributed by atoms with van der Waals surface area (Å²) >= 11 is 10.8. The molecule has 1 atom stereocenters. The molecule has 1 aromatic carbocycles. The van der Waals surface area contributed by atoms with Gasteiger partial charge in [0.15, 0.2) is 0 Å². The summed E-state index contributed by atoms with van der Waals surface area (Å²) in [5, 5.41) is 5.47. The summed E-state index contributed by atoms with van der Waals surface area (Å²) in [7, 11) is 3.39. The number of hydrogen-bond donors (Lipinski definition) is 1. The summed E-state index contributed by atoms with van der Waals surface area (Å²) in [5.41, 5.74) is 0.514. The second kappa shape index (κ2) is 6.22. The Morgan fingerprint density at radius 3 is 2.74 bits per heavy atom. The molecule has 1 aromatic heterocycles. The van der Waals surface area contributed by atoms with Crippen LogP contribution in [-0.4, -0.2) is 14.2 Å². The highest BCUT2D eigenvalue weighted by Gasteiger charge is 2.20. The summed E-state index contributed by atoms with van der Waals surface area (Å²) in [6.07, 6.45) is 0. The van der Waals surface area contributed by atoms with Crippen LogP contribution in [0.3, 0.4) is 0 Å². The van der Waals surface area contributed by atoms with Gasteiger partial charge in [-0.15, -0.1) is 11.3 Å². The lowest BCUT2D eigenvalue weighted by Gasteiger charge is -2.16. The van der Waals surface area contributed by atoms with Gasteiger partial charge in [-0.05, 0) is 41.2 Å². The Morgan fingerprint density at radius 1 is 1.42 bits per heavy atom. The van der Waals surface area contributed by atoms with E-state index in [0.29, 0.717) is 15.1 Å². The fourth-order valence-corrected chi connectivity index (χ4v) is 3.27. The summed E-state index contributed by atoms with van der Waals surface area (Å²) in [6, 6.07) is 4.65. The zero-order chi connectivity index (χ0) is 14.0. The van der Waals surface area contributed by atoms with Crippen molar-refractivity contribution in [3.63, 3.8) is 0 Å². The molecule has 0 amide bonds. The van der Waals surface area contributed by atoms with E-state index in [1.807, 2.05) is 11.4 Å². The normalized spacial score (nSPS) is 12.5. The van der Waals surface area contributed by atoms with E-state index in [9.17, 15) is 4.39 Å². The van der Waals surface area contributed by atoms with Crippen LogP contribution in [0.5, 0.6) is 5.75 Å². The van der Waals surface area contributed by atoms with Gasteiger partial charge >= 0.3 is 0 Å². The number of ether oxygens (including phenoxy) is 1. The Kier molecular flexibility index (Phi) is 4.84. The first-order chi connectivity index (χ1) is 9.06. The van der Waals surface area contributed by atoms with Gasteiger partial charge in [0.05, 0.1) is 18.2 Å². The van der Waals surface area contributed by atoms with Crippen molar-refractivity contribution in [2.24, 2.45) is 0 Å². The van der Waals surface area contributed by atoms with E-state index in [1.54, 1.807) is 20.2 Å². The number of rotatable bonds is 4.